The molecule has 0 radical (unpaired) electrons. The van der Waals surface area contributed by atoms with Gasteiger partial charge in [0.05, 0.1) is 17.8 Å². The molecule has 0 unspecified atom stereocenters. The smallest absolute Gasteiger partial charge is 0.0914 e. The third-order valence-corrected chi connectivity index (χ3v) is 5.03. The Bertz CT molecular complexity index is 342. The molecule has 2 aliphatic rings. The lowest BCUT2D eigenvalue weighted by Gasteiger charge is -2.34. The molecule has 104 valence electrons. The summed E-state index contributed by atoms with van der Waals surface area (Å²) in [6.07, 6.45) is 5.45. The fourth-order valence-electron chi connectivity index (χ4n) is 3.69. The van der Waals surface area contributed by atoms with Crippen LogP contribution in [0.5, 0.6) is 0 Å². The number of fused-ring (bicyclic) bond motifs is 1. The van der Waals surface area contributed by atoms with E-state index < -0.39 is 11.2 Å². The lowest BCUT2D eigenvalue weighted by molar-refractivity contribution is -0.0741. The van der Waals surface area contributed by atoms with E-state index in [1.807, 2.05) is 0 Å². The zero-order chi connectivity index (χ0) is 13.6. The monoisotopic (exact) mass is 254 g/mol. The fraction of sp³-hybridized carbons (Fsp3) is 0.867. The minimum absolute atomic E-state index is 0.136. The summed E-state index contributed by atoms with van der Waals surface area (Å²) in [5, 5.41) is 30.4. The van der Waals surface area contributed by atoms with E-state index in [2.05, 4.69) is 13.0 Å². The molecule has 0 aliphatic heterocycles. The fourth-order valence-corrected chi connectivity index (χ4v) is 3.69. The van der Waals surface area contributed by atoms with E-state index in [9.17, 15) is 15.3 Å². The van der Waals surface area contributed by atoms with Gasteiger partial charge in [-0.3, -0.25) is 0 Å². The van der Waals surface area contributed by atoms with Crippen molar-refractivity contribution in [3.05, 3.63) is 11.6 Å². The lowest BCUT2D eigenvalue weighted by Crippen LogP contribution is -2.42. The van der Waals surface area contributed by atoms with Crippen molar-refractivity contribution in [3.8, 4) is 0 Å². The maximum absolute atomic E-state index is 10.7. The van der Waals surface area contributed by atoms with Crippen molar-refractivity contribution in [2.75, 3.05) is 6.61 Å². The molecule has 4 atom stereocenters. The Morgan fingerprint density at radius 3 is 2.61 bits per heavy atom. The summed E-state index contributed by atoms with van der Waals surface area (Å²) in [4.78, 5) is 0. The van der Waals surface area contributed by atoms with Gasteiger partial charge in [0.25, 0.3) is 0 Å². The predicted molar refractivity (Wildman–Crippen MR) is 71.0 cm³/mol. The first kappa shape index (κ1) is 14.0. The SMILES string of the molecule is C[C@@H]1CC[C@@H]2[C@@H]1C=C(C(C)(C)O)CC[C@@]2(O)CO. The summed E-state index contributed by atoms with van der Waals surface area (Å²) < 4.78 is 0. The second-order valence-electron chi connectivity index (χ2n) is 6.75. The van der Waals surface area contributed by atoms with Crippen molar-refractivity contribution >= 4 is 0 Å². The van der Waals surface area contributed by atoms with Gasteiger partial charge in [-0.2, -0.15) is 0 Å². The number of aliphatic hydroxyl groups excluding tert-OH is 1. The molecule has 2 aliphatic carbocycles. The summed E-state index contributed by atoms with van der Waals surface area (Å²) in [7, 11) is 0. The van der Waals surface area contributed by atoms with Crippen LogP contribution in [-0.2, 0) is 0 Å². The standard InChI is InChI=1S/C15H26O3/c1-10-4-5-13-12(10)8-11(14(2,3)17)6-7-15(13,18)9-16/h8,10,12-13,16-18H,4-7,9H2,1-3H3/t10-,12-,13-,15-/m1/s1. The van der Waals surface area contributed by atoms with Crippen molar-refractivity contribution in [2.45, 2.75) is 57.7 Å². The van der Waals surface area contributed by atoms with Crippen LogP contribution in [0.3, 0.4) is 0 Å². The molecule has 0 heterocycles. The highest BCUT2D eigenvalue weighted by atomic mass is 16.3. The lowest BCUT2D eigenvalue weighted by atomic mass is 9.78. The number of hydrogen-bond acceptors (Lipinski definition) is 3. The summed E-state index contributed by atoms with van der Waals surface area (Å²) in [6.45, 7) is 5.63. The van der Waals surface area contributed by atoms with Gasteiger partial charge in [0.1, 0.15) is 0 Å². The van der Waals surface area contributed by atoms with E-state index in [0.29, 0.717) is 18.8 Å². The first-order chi connectivity index (χ1) is 8.28. The molecule has 3 heteroatoms. The average molecular weight is 254 g/mol. The van der Waals surface area contributed by atoms with Crippen molar-refractivity contribution in [2.24, 2.45) is 17.8 Å². The van der Waals surface area contributed by atoms with E-state index in [0.717, 1.165) is 18.4 Å². The minimum Gasteiger partial charge on any atom is -0.393 e. The van der Waals surface area contributed by atoms with Gasteiger partial charge in [-0.05, 0) is 62.9 Å². The van der Waals surface area contributed by atoms with Crippen LogP contribution in [-0.4, -0.2) is 33.1 Å². The first-order valence-electron chi connectivity index (χ1n) is 7.05. The number of rotatable bonds is 2. The Hall–Kier alpha value is -0.380. The van der Waals surface area contributed by atoms with Gasteiger partial charge in [-0.15, -0.1) is 0 Å². The van der Waals surface area contributed by atoms with Crippen LogP contribution in [0.2, 0.25) is 0 Å². The van der Waals surface area contributed by atoms with E-state index in [4.69, 9.17) is 0 Å². The van der Waals surface area contributed by atoms with Crippen LogP contribution in [0.15, 0.2) is 11.6 Å². The Morgan fingerprint density at radius 2 is 2.06 bits per heavy atom. The molecule has 1 fully saturated rings. The number of hydrogen-bond donors (Lipinski definition) is 3. The molecule has 1 saturated carbocycles. The maximum Gasteiger partial charge on any atom is 0.0914 e. The van der Waals surface area contributed by atoms with Gasteiger partial charge in [-0.25, -0.2) is 0 Å². The molecule has 3 N–H and O–H groups in total. The number of allylic oxidation sites excluding steroid dienone is 1. The summed E-state index contributed by atoms with van der Waals surface area (Å²) in [5.74, 6) is 0.937. The van der Waals surface area contributed by atoms with Gasteiger partial charge in [-0.1, -0.05) is 13.0 Å². The third-order valence-electron chi connectivity index (χ3n) is 5.03. The highest BCUT2D eigenvalue weighted by Crippen LogP contribution is 2.48. The van der Waals surface area contributed by atoms with E-state index >= 15 is 0 Å². The zero-order valence-corrected chi connectivity index (χ0v) is 11.7. The highest BCUT2D eigenvalue weighted by molar-refractivity contribution is 5.21. The second-order valence-corrected chi connectivity index (χ2v) is 6.75. The van der Waals surface area contributed by atoms with E-state index in [-0.39, 0.29) is 18.4 Å². The molecular weight excluding hydrogens is 228 g/mol. The van der Waals surface area contributed by atoms with Crippen LogP contribution in [0.1, 0.15) is 46.5 Å². The van der Waals surface area contributed by atoms with Crippen LogP contribution in [0, 0.1) is 17.8 Å². The molecule has 0 aromatic rings. The topological polar surface area (TPSA) is 60.7 Å². The molecule has 2 rings (SSSR count). The normalized spacial score (nSPS) is 41.2. The molecule has 3 nitrogen and oxygen atoms in total. The largest absolute Gasteiger partial charge is 0.393 e. The molecule has 0 bridgehead atoms. The predicted octanol–water partition coefficient (Wildman–Crippen LogP) is 1.86. The first-order valence-corrected chi connectivity index (χ1v) is 7.05. The molecular formula is C15H26O3. The molecule has 0 aromatic heterocycles. The minimum atomic E-state index is -0.973. The van der Waals surface area contributed by atoms with Crippen LogP contribution < -0.4 is 0 Å². The van der Waals surface area contributed by atoms with Crippen molar-refractivity contribution in [1.82, 2.24) is 0 Å². The van der Waals surface area contributed by atoms with Crippen molar-refractivity contribution < 1.29 is 15.3 Å². The maximum atomic E-state index is 10.7. The van der Waals surface area contributed by atoms with Crippen LogP contribution >= 0.6 is 0 Å². The summed E-state index contributed by atoms with van der Waals surface area (Å²) >= 11 is 0. The van der Waals surface area contributed by atoms with Gasteiger partial charge in [0.15, 0.2) is 0 Å². The Kier molecular flexibility index (Phi) is 3.60. The van der Waals surface area contributed by atoms with E-state index in [1.54, 1.807) is 13.8 Å². The molecule has 0 spiro atoms. The Labute approximate surface area is 110 Å². The average Bonchev–Trinajstić information content (AvgIpc) is 2.56. The van der Waals surface area contributed by atoms with E-state index in [1.165, 1.54) is 0 Å². The van der Waals surface area contributed by atoms with Crippen molar-refractivity contribution in [1.29, 1.82) is 0 Å². The third kappa shape index (κ3) is 2.36. The zero-order valence-electron chi connectivity index (χ0n) is 11.7. The van der Waals surface area contributed by atoms with Gasteiger partial charge < -0.3 is 15.3 Å². The van der Waals surface area contributed by atoms with Crippen LogP contribution in [0.25, 0.3) is 0 Å². The van der Waals surface area contributed by atoms with Crippen molar-refractivity contribution in [3.63, 3.8) is 0 Å². The van der Waals surface area contributed by atoms with Gasteiger partial charge in [0, 0.05) is 0 Å². The molecule has 0 amide bonds. The van der Waals surface area contributed by atoms with Gasteiger partial charge >= 0.3 is 0 Å². The van der Waals surface area contributed by atoms with Crippen LogP contribution in [0.4, 0.5) is 0 Å². The Balaban J connectivity index is 2.35. The number of aliphatic hydroxyl groups is 3. The summed E-state index contributed by atoms with van der Waals surface area (Å²) in [6, 6.07) is 0. The van der Waals surface area contributed by atoms with Gasteiger partial charge in [0.2, 0.25) is 0 Å². The quantitative estimate of drug-likeness (QED) is 0.659. The highest BCUT2D eigenvalue weighted by Gasteiger charge is 2.47. The summed E-state index contributed by atoms with van der Waals surface area (Å²) in [5.41, 5.74) is -0.789. The molecule has 18 heavy (non-hydrogen) atoms. The molecule has 0 aromatic carbocycles. The molecule has 0 saturated heterocycles. The Morgan fingerprint density at radius 1 is 1.39 bits per heavy atom. The second kappa shape index (κ2) is 4.62.